The van der Waals surface area contributed by atoms with Crippen LogP contribution in [0.1, 0.15) is 22.8 Å². The van der Waals surface area contributed by atoms with Crippen LogP contribution in [0.3, 0.4) is 0 Å². The molecule has 0 fully saturated rings. The Hall–Kier alpha value is -3.28. The number of amides is 1. The van der Waals surface area contributed by atoms with Crippen LogP contribution >= 0.6 is 0 Å². The summed E-state index contributed by atoms with van der Waals surface area (Å²) in [5.41, 5.74) is 0.936. The van der Waals surface area contributed by atoms with Gasteiger partial charge in [-0.15, -0.1) is 0 Å². The van der Waals surface area contributed by atoms with E-state index in [0.717, 1.165) is 11.3 Å². The molecule has 2 aromatic rings. The molecule has 2 N–H and O–H groups in total. The van der Waals surface area contributed by atoms with Gasteiger partial charge in [-0.3, -0.25) is 4.79 Å². The molecule has 0 aromatic heterocycles. The lowest BCUT2D eigenvalue weighted by Crippen LogP contribution is -2.09. The fourth-order valence-electron chi connectivity index (χ4n) is 2.11. The number of rotatable bonds is 6. The average Bonchev–Trinajstić information content (AvgIpc) is 2.62. The largest absolute Gasteiger partial charge is 0.505 e. The molecule has 0 spiro atoms. The van der Waals surface area contributed by atoms with Crippen molar-refractivity contribution in [3.8, 4) is 11.5 Å². The summed E-state index contributed by atoms with van der Waals surface area (Å²) in [6.07, 6.45) is 2.96. The Morgan fingerprint density at radius 2 is 1.88 bits per heavy atom. The second-order valence-electron chi connectivity index (χ2n) is 5.02. The van der Waals surface area contributed by atoms with Crippen molar-refractivity contribution in [1.82, 2.24) is 0 Å². The van der Waals surface area contributed by atoms with Gasteiger partial charge in [-0.05, 0) is 42.8 Å². The van der Waals surface area contributed by atoms with Crippen LogP contribution < -0.4 is 10.1 Å². The van der Waals surface area contributed by atoms with Gasteiger partial charge in [0.15, 0.2) is 5.75 Å². The Morgan fingerprint density at radius 1 is 1.16 bits per heavy atom. The summed E-state index contributed by atoms with van der Waals surface area (Å²) in [6, 6.07) is 11.7. The van der Waals surface area contributed by atoms with Crippen molar-refractivity contribution in [2.75, 3.05) is 19.0 Å². The van der Waals surface area contributed by atoms with Gasteiger partial charge in [0.1, 0.15) is 11.3 Å². The van der Waals surface area contributed by atoms with Gasteiger partial charge in [0, 0.05) is 6.08 Å². The first kappa shape index (κ1) is 18.1. The zero-order chi connectivity index (χ0) is 18.2. The second kappa shape index (κ2) is 8.54. The molecule has 0 radical (unpaired) electrons. The first-order valence-electron chi connectivity index (χ1n) is 7.67. The molecule has 0 heterocycles. The molecule has 25 heavy (non-hydrogen) atoms. The molecule has 2 aromatic carbocycles. The average molecular weight is 341 g/mol. The van der Waals surface area contributed by atoms with Crippen molar-refractivity contribution < 1.29 is 24.2 Å². The Balaban J connectivity index is 2.06. The predicted octanol–water partition coefficient (Wildman–Crippen LogP) is 3.23. The summed E-state index contributed by atoms with van der Waals surface area (Å²) in [4.78, 5) is 23.5. The highest BCUT2D eigenvalue weighted by atomic mass is 16.5. The van der Waals surface area contributed by atoms with E-state index < -0.39 is 11.9 Å². The molecular formula is C19H19NO5. The van der Waals surface area contributed by atoms with Gasteiger partial charge in [-0.25, -0.2) is 4.79 Å². The molecule has 0 aliphatic carbocycles. The summed E-state index contributed by atoms with van der Waals surface area (Å²) >= 11 is 0. The molecule has 0 unspecified atom stereocenters. The standard InChI is InChI=1S/C19H19NO5/c1-3-25-14-10-7-13(8-11-14)9-12-17(21)20-16-6-4-5-15(18(16)22)19(23)24-2/h4-12,22H,3H2,1-2H3,(H,20,21)/b12-9+. The predicted molar refractivity (Wildman–Crippen MR) is 94.7 cm³/mol. The lowest BCUT2D eigenvalue weighted by molar-refractivity contribution is -0.111. The lowest BCUT2D eigenvalue weighted by atomic mass is 10.1. The van der Waals surface area contributed by atoms with E-state index in [1.165, 1.54) is 31.4 Å². The first-order chi connectivity index (χ1) is 12.0. The van der Waals surface area contributed by atoms with Crippen LogP contribution in [0, 0.1) is 0 Å². The normalized spacial score (nSPS) is 10.5. The summed E-state index contributed by atoms with van der Waals surface area (Å²) in [5.74, 6) is -0.699. The van der Waals surface area contributed by atoms with Gasteiger partial charge in [-0.2, -0.15) is 0 Å². The zero-order valence-corrected chi connectivity index (χ0v) is 14.0. The molecule has 6 nitrogen and oxygen atoms in total. The van der Waals surface area contributed by atoms with E-state index in [2.05, 4.69) is 10.1 Å². The van der Waals surface area contributed by atoms with Gasteiger partial charge in [0.25, 0.3) is 0 Å². The second-order valence-corrected chi connectivity index (χ2v) is 5.02. The first-order valence-corrected chi connectivity index (χ1v) is 7.67. The molecule has 0 aliphatic rings. The third-order valence-electron chi connectivity index (χ3n) is 3.32. The van der Waals surface area contributed by atoms with E-state index in [0.29, 0.717) is 6.61 Å². The number of carbonyl (C=O) groups is 2. The highest BCUT2D eigenvalue weighted by Gasteiger charge is 2.15. The van der Waals surface area contributed by atoms with Crippen molar-refractivity contribution >= 4 is 23.6 Å². The van der Waals surface area contributed by atoms with Crippen molar-refractivity contribution in [3.63, 3.8) is 0 Å². The number of hydrogen-bond donors (Lipinski definition) is 2. The summed E-state index contributed by atoms with van der Waals surface area (Å²) < 4.78 is 9.92. The van der Waals surface area contributed by atoms with Crippen LogP contribution in [0.5, 0.6) is 11.5 Å². The van der Waals surface area contributed by atoms with Crippen molar-refractivity contribution in [2.24, 2.45) is 0 Å². The number of anilines is 1. The molecule has 130 valence electrons. The van der Waals surface area contributed by atoms with Crippen LogP contribution in [0.2, 0.25) is 0 Å². The van der Waals surface area contributed by atoms with Crippen LogP contribution in [0.15, 0.2) is 48.5 Å². The van der Waals surface area contributed by atoms with Crippen LogP contribution in [0.25, 0.3) is 6.08 Å². The molecule has 0 saturated carbocycles. The smallest absolute Gasteiger partial charge is 0.341 e. The third kappa shape index (κ3) is 4.84. The lowest BCUT2D eigenvalue weighted by Gasteiger charge is -2.08. The quantitative estimate of drug-likeness (QED) is 0.479. The zero-order valence-electron chi connectivity index (χ0n) is 14.0. The van der Waals surface area contributed by atoms with E-state index in [1.807, 2.05) is 31.2 Å². The summed E-state index contributed by atoms with van der Waals surface area (Å²) in [5, 5.41) is 12.6. The molecule has 0 atom stereocenters. The maximum atomic E-state index is 12.0. The highest BCUT2D eigenvalue weighted by Crippen LogP contribution is 2.28. The number of methoxy groups -OCH3 is 1. The number of esters is 1. The fraction of sp³-hybridized carbons (Fsp3) is 0.158. The number of phenolic OH excluding ortho intramolecular Hbond substituents is 1. The van der Waals surface area contributed by atoms with E-state index in [-0.39, 0.29) is 17.0 Å². The number of aromatic hydroxyl groups is 1. The summed E-state index contributed by atoms with van der Waals surface area (Å²) in [6.45, 7) is 2.49. The number of hydrogen-bond acceptors (Lipinski definition) is 5. The minimum absolute atomic E-state index is 0.0178. The van der Waals surface area contributed by atoms with E-state index in [9.17, 15) is 14.7 Å². The van der Waals surface area contributed by atoms with Gasteiger partial charge in [0.2, 0.25) is 5.91 Å². The van der Waals surface area contributed by atoms with Gasteiger partial charge >= 0.3 is 5.97 Å². The highest BCUT2D eigenvalue weighted by molar-refractivity contribution is 6.04. The Labute approximate surface area is 145 Å². The molecular weight excluding hydrogens is 322 g/mol. The van der Waals surface area contributed by atoms with Crippen molar-refractivity contribution in [2.45, 2.75) is 6.92 Å². The molecule has 0 aliphatic heterocycles. The topological polar surface area (TPSA) is 84.9 Å². The van der Waals surface area contributed by atoms with Crippen LogP contribution in [-0.2, 0) is 9.53 Å². The minimum atomic E-state index is -0.682. The number of ether oxygens (including phenoxy) is 2. The monoisotopic (exact) mass is 341 g/mol. The Bertz CT molecular complexity index is 781. The molecule has 6 heteroatoms. The molecule has 1 amide bonds. The van der Waals surface area contributed by atoms with Crippen molar-refractivity contribution in [3.05, 3.63) is 59.7 Å². The van der Waals surface area contributed by atoms with E-state index in [4.69, 9.17) is 4.74 Å². The number of nitrogens with one attached hydrogen (secondary N) is 1. The fourth-order valence-corrected chi connectivity index (χ4v) is 2.11. The maximum Gasteiger partial charge on any atom is 0.341 e. The number of carbonyl (C=O) groups excluding carboxylic acids is 2. The summed E-state index contributed by atoms with van der Waals surface area (Å²) in [7, 11) is 1.21. The van der Waals surface area contributed by atoms with Crippen LogP contribution in [0.4, 0.5) is 5.69 Å². The number of para-hydroxylation sites is 1. The van der Waals surface area contributed by atoms with Gasteiger partial charge in [0.05, 0.1) is 19.4 Å². The van der Waals surface area contributed by atoms with E-state index >= 15 is 0 Å². The van der Waals surface area contributed by atoms with Crippen molar-refractivity contribution in [1.29, 1.82) is 0 Å². The third-order valence-corrected chi connectivity index (χ3v) is 3.32. The van der Waals surface area contributed by atoms with Crippen LogP contribution in [-0.4, -0.2) is 30.7 Å². The van der Waals surface area contributed by atoms with E-state index in [1.54, 1.807) is 6.08 Å². The van der Waals surface area contributed by atoms with Gasteiger partial charge in [-0.1, -0.05) is 18.2 Å². The van der Waals surface area contributed by atoms with Gasteiger partial charge < -0.3 is 19.9 Å². The Morgan fingerprint density at radius 3 is 2.52 bits per heavy atom. The SMILES string of the molecule is CCOc1ccc(/C=C/C(=O)Nc2cccc(C(=O)OC)c2O)cc1. The molecule has 2 rings (SSSR count). The minimum Gasteiger partial charge on any atom is -0.505 e. The number of phenols is 1. The molecule has 0 bridgehead atoms. The number of benzene rings is 2. The maximum absolute atomic E-state index is 12.0. The molecule has 0 saturated heterocycles. The Kier molecular flexibility index (Phi) is 6.17.